The normalized spacial score (nSPS) is 14.7. The quantitative estimate of drug-likeness (QED) is 0.146. The summed E-state index contributed by atoms with van der Waals surface area (Å²) in [6.45, 7) is 11.2. The van der Waals surface area contributed by atoms with Crippen molar-refractivity contribution in [1.82, 2.24) is 14.8 Å². The Hall–Kier alpha value is -4.04. The smallest absolute Gasteiger partial charge is 0.255 e. The molecular formula is C34H39N5O2S. The van der Waals surface area contributed by atoms with E-state index in [0.29, 0.717) is 23.3 Å². The van der Waals surface area contributed by atoms with Gasteiger partial charge in [0.05, 0.1) is 5.57 Å². The molecule has 0 fully saturated rings. The van der Waals surface area contributed by atoms with Crippen molar-refractivity contribution in [2.75, 3.05) is 16.4 Å². The Labute approximate surface area is 252 Å². The van der Waals surface area contributed by atoms with Crippen LogP contribution >= 0.6 is 11.8 Å². The molecule has 0 saturated heterocycles. The molecule has 0 bridgehead atoms. The van der Waals surface area contributed by atoms with Crippen molar-refractivity contribution in [3.63, 3.8) is 0 Å². The van der Waals surface area contributed by atoms with Gasteiger partial charge in [-0.25, -0.2) is 4.68 Å². The van der Waals surface area contributed by atoms with E-state index in [9.17, 15) is 4.79 Å². The molecule has 0 aliphatic carbocycles. The van der Waals surface area contributed by atoms with Crippen molar-refractivity contribution < 1.29 is 9.53 Å². The predicted octanol–water partition coefficient (Wildman–Crippen LogP) is 7.97. The van der Waals surface area contributed by atoms with Gasteiger partial charge in [-0.3, -0.25) is 4.79 Å². The number of carbonyl (C=O) groups excluding carboxylic acids is 1. The van der Waals surface area contributed by atoms with Crippen molar-refractivity contribution >= 4 is 29.3 Å². The summed E-state index contributed by atoms with van der Waals surface area (Å²) in [6, 6.07) is 25.5. The lowest BCUT2D eigenvalue weighted by atomic mass is 9.87. The number of thioether (sulfide) groups is 1. The Kier molecular flexibility index (Phi) is 9.02. The molecule has 8 heteroatoms. The monoisotopic (exact) mass is 581 g/mol. The number of fused-ring (bicyclic) bond motifs is 1. The van der Waals surface area contributed by atoms with Crippen LogP contribution in [0.5, 0.6) is 5.75 Å². The van der Waals surface area contributed by atoms with Crippen LogP contribution in [0.25, 0.3) is 0 Å². The predicted molar refractivity (Wildman–Crippen MR) is 171 cm³/mol. The number of rotatable bonds is 10. The third kappa shape index (κ3) is 6.87. The lowest BCUT2D eigenvalue weighted by molar-refractivity contribution is -0.113. The molecule has 1 unspecified atom stereocenters. The number of allylic oxidation sites excluding steroid dienone is 1. The molecule has 0 spiro atoms. The van der Waals surface area contributed by atoms with Gasteiger partial charge in [0.25, 0.3) is 5.91 Å². The molecule has 2 heterocycles. The molecule has 1 aromatic heterocycles. The standard InChI is InChI=1S/C34H39N5O2S/c1-6-7-21-42-33-37-32-35-23(2)29(31(40)36-27-11-9-8-10-12-27)30(39(32)38-33)25-15-19-28(20-16-25)41-22-24-13-17-26(18-14-24)34(3,4)5/h8-20,30H,6-7,21-22H2,1-5H3,(H,36,40)(H,35,37,38). The number of unbranched alkanes of at least 4 members (excludes halogenated alkanes) is 1. The fourth-order valence-corrected chi connectivity index (χ4v) is 5.75. The number of carbonyl (C=O) groups is 1. The van der Waals surface area contributed by atoms with E-state index in [1.54, 1.807) is 11.8 Å². The van der Waals surface area contributed by atoms with E-state index < -0.39 is 6.04 Å². The Morgan fingerprint density at radius 3 is 2.40 bits per heavy atom. The van der Waals surface area contributed by atoms with Crippen LogP contribution in [0.1, 0.15) is 70.2 Å². The number of hydrogen-bond donors (Lipinski definition) is 2. The number of amides is 1. The molecule has 1 aliphatic rings. The van der Waals surface area contributed by atoms with E-state index >= 15 is 0 Å². The zero-order chi connectivity index (χ0) is 29.7. The third-order valence-electron chi connectivity index (χ3n) is 7.26. The minimum atomic E-state index is -0.447. The highest BCUT2D eigenvalue weighted by Crippen LogP contribution is 2.37. The Morgan fingerprint density at radius 1 is 1.02 bits per heavy atom. The van der Waals surface area contributed by atoms with Gasteiger partial charge < -0.3 is 15.4 Å². The summed E-state index contributed by atoms with van der Waals surface area (Å²) in [5, 5.41) is 11.9. The number of benzene rings is 3. The fraction of sp³-hybridized carbons (Fsp3) is 0.324. The second-order valence-electron chi connectivity index (χ2n) is 11.6. The highest BCUT2D eigenvalue weighted by molar-refractivity contribution is 7.99. The minimum absolute atomic E-state index is 0.117. The molecule has 3 aromatic carbocycles. The molecule has 7 nitrogen and oxygen atoms in total. The first-order valence-electron chi connectivity index (χ1n) is 14.5. The molecule has 0 radical (unpaired) electrons. The molecule has 4 aromatic rings. The maximum absolute atomic E-state index is 13.7. The first-order chi connectivity index (χ1) is 20.2. The second-order valence-corrected chi connectivity index (χ2v) is 12.6. The Bertz CT molecular complexity index is 1540. The largest absolute Gasteiger partial charge is 0.489 e. The average Bonchev–Trinajstić information content (AvgIpc) is 3.38. The Morgan fingerprint density at radius 2 is 1.74 bits per heavy atom. The van der Waals surface area contributed by atoms with Crippen LogP contribution in [0.15, 0.2) is 95.3 Å². The van der Waals surface area contributed by atoms with E-state index in [1.165, 1.54) is 5.56 Å². The topological polar surface area (TPSA) is 81.1 Å². The summed E-state index contributed by atoms with van der Waals surface area (Å²) in [5.74, 6) is 2.16. The van der Waals surface area contributed by atoms with Crippen LogP contribution in [0, 0.1) is 0 Å². The summed E-state index contributed by atoms with van der Waals surface area (Å²) < 4.78 is 7.95. The van der Waals surface area contributed by atoms with Gasteiger partial charge in [-0.15, -0.1) is 5.10 Å². The molecule has 1 aliphatic heterocycles. The molecule has 218 valence electrons. The number of ether oxygens (including phenoxy) is 1. The van der Waals surface area contributed by atoms with Gasteiger partial charge in [0.2, 0.25) is 11.1 Å². The lowest BCUT2D eigenvalue weighted by Gasteiger charge is -2.28. The number of nitrogens with zero attached hydrogens (tertiary/aromatic N) is 3. The van der Waals surface area contributed by atoms with Gasteiger partial charge in [0.1, 0.15) is 18.4 Å². The zero-order valence-corrected chi connectivity index (χ0v) is 25.8. The van der Waals surface area contributed by atoms with Crippen LogP contribution in [0.2, 0.25) is 0 Å². The summed E-state index contributed by atoms with van der Waals surface area (Å²) in [4.78, 5) is 18.4. The van der Waals surface area contributed by atoms with Crippen molar-refractivity contribution in [3.8, 4) is 5.75 Å². The zero-order valence-electron chi connectivity index (χ0n) is 25.0. The molecule has 42 heavy (non-hydrogen) atoms. The summed E-state index contributed by atoms with van der Waals surface area (Å²) in [5.41, 5.74) is 5.53. The van der Waals surface area contributed by atoms with E-state index in [4.69, 9.17) is 14.8 Å². The van der Waals surface area contributed by atoms with Crippen molar-refractivity contribution in [3.05, 3.63) is 107 Å². The molecular weight excluding hydrogens is 542 g/mol. The second kappa shape index (κ2) is 12.9. The van der Waals surface area contributed by atoms with Crippen LogP contribution in [-0.4, -0.2) is 26.4 Å². The van der Waals surface area contributed by atoms with Crippen molar-refractivity contribution in [2.45, 2.75) is 70.7 Å². The van der Waals surface area contributed by atoms with Gasteiger partial charge >= 0.3 is 0 Å². The maximum Gasteiger partial charge on any atom is 0.255 e. The molecule has 2 N–H and O–H groups in total. The summed E-state index contributed by atoms with van der Waals surface area (Å²) in [6.07, 6.45) is 2.21. The number of anilines is 2. The van der Waals surface area contributed by atoms with Crippen molar-refractivity contribution in [1.29, 1.82) is 0 Å². The summed E-state index contributed by atoms with van der Waals surface area (Å²) in [7, 11) is 0. The first-order valence-corrected chi connectivity index (χ1v) is 15.5. The number of aromatic nitrogens is 3. The van der Waals surface area contributed by atoms with Gasteiger partial charge in [-0.2, -0.15) is 4.98 Å². The number of nitrogens with one attached hydrogen (secondary N) is 2. The van der Waals surface area contributed by atoms with Crippen LogP contribution in [-0.2, 0) is 16.8 Å². The van der Waals surface area contributed by atoms with E-state index in [2.05, 4.69) is 62.6 Å². The first kappa shape index (κ1) is 29.5. The molecule has 1 amide bonds. The fourth-order valence-electron chi connectivity index (χ4n) is 4.84. The van der Waals surface area contributed by atoms with E-state index in [0.717, 1.165) is 46.9 Å². The highest BCUT2D eigenvalue weighted by Gasteiger charge is 2.34. The maximum atomic E-state index is 13.7. The SMILES string of the molecule is CCCCSc1nc2n(n1)C(c1ccc(OCc3ccc(C(C)(C)C)cc3)cc1)C(C(=O)Nc1ccccc1)=C(C)N2. The molecule has 0 saturated carbocycles. The highest BCUT2D eigenvalue weighted by atomic mass is 32.2. The van der Waals surface area contributed by atoms with Crippen LogP contribution in [0.3, 0.4) is 0 Å². The van der Waals surface area contributed by atoms with Gasteiger partial charge in [-0.05, 0) is 59.7 Å². The Balaban J connectivity index is 1.39. The van der Waals surface area contributed by atoms with Gasteiger partial charge in [0, 0.05) is 17.1 Å². The van der Waals surface area contributed by atoms with Crippen LogP contribution < -0.4 is 15.4 Å². The van der Waals surface area contributed by atoms with Crippen LogP contribution in [0.4, 0.5) is 11.6 Å². The summed E-state index contributed by atoms with van der Waals surface area (Å²) >= 11 is 1.64. The number of para-hydroxylation sites is 1. The van der Waals surface area contributed by atoms with Gasteiger partial charge in [0.15, 0.2) is 0 Å². The van der Waals surface area contributed by atoms with E-state index in [1.807, 2.05) is 66.2 Å². The third-order valence-corrected chi connectivity index (χ3v) is 8.18. The van der Waals surface area contributed by atoms with Crippen molar-refractivity contribution in [2.24, 2.45) is 0 Å². The molecule has 5 rings (SSSR count). The number of hydrogen-bond acceptors (Lipinski definition) is 6. The lowest BCUT2D eigenvalue weighted by Crippen LogP contribution is -2.31. The average molecular weight is 582 g/mol. The minimum Gasteiger partial charge on any atom is -0.489 e. The van der Waals surface area contributed by atoms with E-state index in [-0.39, 0.29) is 11.3 Å². The molecule has 1 atom stereocenters. The van der Waals surface area contributed by atoms with Gasteiger partial charge in [-0.1, -0.05) is 100 Å².